The van der Waals surface area contributed by atoms with Crippen LogP contribution in [0.25, 0.3) is 0 Å². The molecule has 2 aromatic rings. The van der Waals surface area contributed by atoms with Crippen molar-refractivity contribution in [3.63, 3.8) is 0 Å². The van der Waals surface area contributed by atoms with Crippen LogP contribution in [0.1, 0.15) is 71.2 Å². The Morgan fingerprint density at radius 2 is 2.03 bits per heavy atom. The van der Waals surface area contributed by atoms with Gasteiger partial charge in [-0.3, -0.25) is 14.5 Å². The highest BCUT2D eigenvalue weighted by Gasteiger charge is 2.31. The SMILES string of the molecule is O=C(c1cccs1)N1CCc2nc([C@H]3CCCN(C4CCCC4)C3)[nH]c(=O)c2C1. The molecule has 1 amide bonds. The van der Waals surface area contributed by atoms with E-state index in [2.05, 4.69) is 9.88 Å². The number of fused-ring (bicyclic) bond motifs is 1. The predicted molar refractivity (Wildman–Crippen MR) is 113 cm³/mol. The van der Waals surface area contributed by atoms with Crippen LogP contribution in [0, 0.1) is 0 Å². The van der Waals surface area contributed by atoms with E-state index >= 15 is 0 Å². The number of nitrogens with one attached hydrogen (secondary N) is 1. The van der Waals surface area contributed by atoms with Gasteiger partial charge >= 0.3 is 0 Å². The zero-order valence-electron chi connectivity index (χ0n) is 16.7. The van der Waals surface area contributed by atoms with Gasteiger partial charge in [0, 0.05) is 31.5 Å². The molecule has 0 aromatic carbocycles. The Labute approximate surface area is 175 Å². The van der Waals surface area contributed by atoms with Crippen LogP contribution in [0.2, 0.25) is 0 Å². The van der Waals surface area contributed by atoms with Gasteiger partial charge in [0.15, 0.2) is 0 Å². The second-order valence-corrected chi connectivity index (χ2v) is 9.55. The number of rotatable bonds is 3. The molecule has 6 nitrogen and oxygen atoms in total. The third kappa shape index (κ3) is 3.78. The molecular weight excluding hydrogens is 384 g/mol. The van der Waals surface area contributed by atoms with Crippen molar-refractivity contribution in [2.24, 2.45) is 0 Å². The van der Waals surface area contributed by atoms with Gasteiger partial charge in [-0.25, -0.2) is 4.98 Å². The van der Waals surface area contributed by atoms with Crippen LogP contribution in [0.4, 0.5) is 0 Å². The minimum absolute atomic E-state index is 0.00797. The number of carbonyl (C=O) groups excluding carboxylic acids is 1. The van der Waals surface area contributed by atoms with Gasteiger partial charge < -0.3 is 9.88 Å². The van der Waals surface area contributed by atoms with Crippen molar-refractivity contribution < 1.29 is 4.79 Å². The Bertz CT molecular complexity index is 933. The summed E-state index contributed by atoms with van der Waals surface area (Å²) in [5.41, 5.74) is 1.48. The molecule has 1 saturated carbocycles. The minimum Gasteiger partial charge on any atom is -0.333 e. The van der Waals surface area contributed by atoms with Crippen LogP contribution in [0.15, 0.2) is 22.3 Å². The van der Waals surface area contributed by atoms with Gasteiger partial charge in [0.25, 0.3) is 11.5 Å². The highest BCUT2D eigenvalue weighted by atomic mass is 32.1. The van der Waals surface area contributed by atoms with E-state index in [1.54, 1.807) is 4.90 Å². The molecule has 2 fully saturated rings. The lowest BCUT2D eigenvalue weighted by atomic mass is 9.95. The Morgan fingerprint density at radius 3 is 2.83 bits per heavy atom. The summed E-state index contributed by atoms with van der Waals surface area (Å²) in [7, 11) is 0. The Kier molecular flexibility index (Phi) is 5.26. The van der Waals surface area contributed by atoms with Crippen molar-refractivity contribution in [2.75, 3.05) is 19.6 Å². The molecule has 0 unspecified atom stereocenters. The summed E-state index contributed by atoms with van der Waals surface area (Å²) >= 11 is 1.44. The van der Waals surface area contributed by atoms with E-state index < -0.39 is 0 Å². The molecule has 3 aliphatic rings. The number of piperidine rings is 1. The number of nitrogens with zero attached hydrogens (tertiary/aromatic N) is 3. The van der Waals surface area contributed by atoms with Gasteiger partial charge in [0.1, 0.15) is 5.82 Å². The van der Waals surface area contributed by atoms with Crippen molar-refractivity contribution in [3.05, 3.63) is 49.8 Å². The van der Waals surface area contributed by atoms with E-state index in [0.29, 0.717) is 31.0 Å². The number of likely N-dealkylation sites (tertiary alicyclic amines) is 1. The zero-order valence-corrected chi connectivity index (χ0v) is 17.5. The molecule has 1 aliphatic carbocycles. The lowest BCUT2D eigenvalue weighted by Gasteiger charge is -2.36. The van der Waals surface area contributed by atoms with E-state index in [0.717, 1.165) is 35.4 Å². The Morgan fingerprint density at radius 1 is 1.17 bits per heavy atom. The second kappa shape index (κ2) is 8.03. The summed E-state index contributed by atoms with van der Waals surface area (Å²) in [4.78, 5) is 38.6. The third-order valence-corrected chi connectivity index (χ3v) is 7.64. The molecule has 7 heteroatoms. The highest BCUT2D eigenvalue weighted by molar-refractivity contribution is 7.12. The largest absolute Gasteiger partial charge is 0.333 e. The van der Waals surface area contributed by atoms with Gasteiger partial charge in [-0.2, -0.15) is 0 Å². The van der Waals surface area contributed by atoms with E-state index in [1.807, 2.05) is 17.5 Å². The number of hydrogen-bond donors (Lipinski definition) is 1. The van der Waals surface area contributed by atoms with E-state index in [4.69, 9.17) is 4.98 Å². The summed E-state index contributed by atoms with van der Waals surface area (Å²) in [6.07, 6.45) is 8.24. The van der Waals surface area contributed by atoms with Crippen molar-refractivity contribution in [3.8, 4) is 0 Å². The third-order valence-electron chi connectivity index (χ3n) is 6.79. The van der Waals surface area contributed by atoms with E-state index in [9.17, 15) is 9.59 Å². The molecule has 5 rings (SSSR count). The first-order valence-corrected chi connectivity index (χ1v) is 11.8. The van der Waals surface area contributed by atoms with Gasteiger partial charge in [-0.15, -0.1) is 11.3 Å². The van der Waals surface area contributed by atoms with Crippen LogP contribution in [0.3, 0.4) is 0 Å². The predicted octanol–water partition coefficient (Wildman–Crippen LogP) is 3.15. The summed E-state index contributed by atoms with van der Waals surface area (Å²) in [5.74, 6) is 1.18. The van der Waals surface area contributed by atoms with Crippen LogP contribution in [-0.4, -0.2) is 51.4 Å². The number of carbonyl (C=O) groups is 1. The number of aromatic nitrogens is 2. The average Bonchev–Trinajstić information content (AvgIpc) is 3.47. The molecule has 1 saturated heterocycles. The van der Waals surface area contributed by atoms with Gasteiger partial charge in [-0.1, -0.05) is 18.9 Å². The fraction of sp³-hybridized carbons (Fsp3) is 0.591. The zero-order chi connectivity index (χ0) is 19.8. The maximum atomic E-state index is 12.9. The highest BCUT2D eigenvalue weighted by Crippen LogP contribution is 2.31. The molecule has 1 N–H and O–H groups in total. The summed E-state index contributed by atoms with van der Waals surface area (Å²) < 4.78 is 0. The Balaban J connectivity index is 1.33. The summed E-state index contributed by atoms with van der Waals surface area (Å²) in [6.45, 7) is 3.16. The van der Waals surface area contributed by atoms with Crippen molar-refractivity contribution in [1.29, 1.82) is 0 Å². The standard InChI is InChI=1S/C22H28N4O2S/c27-21-17-14-26(22(28)19-8-4-12-29-19)11-9-18(17)23-20(24-21)15-5-3-10-25(13-15)16-6-1-2-7-16/h4,8,12,15-16H,1-3,5-7,9-11,13-14H2,(H,23,24,27)/t15-/m0/s1. The summed E-state index contributed by atoms with van der Waals surface area (Å²) in [6, 6.07) is 4.45. The maximum absolute atomic E-state index is 12.9. The number of thiophene rings is 1. The molecule has 29 heavy (non-hydrogen) atoms. The smallest absolute Gasteiger partial charge is 0.264 e. The molecule has 0 bridgehead atoms. The first-order chi connectivity index (χ1) is 14.2. The lowest BCUT2D eigenvalue weighted by Crippen LogP contribution is -2.42. The first-order valence-electron chi connectivity index (χ1n) is 10.9. The van der Waals surface area contributed by atoms with Gasteiger partial charge in [0.2, 0.25) is 0 Å². The molecule has 2 aromatic heterocycles. The van der Waals surface area contributed by atoms with Crippen LogP contribution < -0.4 is 5.56 Å². The van der Waals surface area contributed by atoms with E-state index in [1.165, 1.54) is 50.0 Å². The molecular formula is C22H28N4O2S. The monoisotopic (exact) mass is 412 g/mol. The van der Waals surface area contributed by atoms with Gasteiger partial charge in [-0.05, 0) is 43.7 Å². The fourth-order valence-electron chi connectivity index (χ4n) is 5.20. The van der Waals surface area contributed by atoms with E-state index in [-0.39, 0.29) is 11.5 Å². The lowest BCUT2D eigenvalue weighted by molar-refractivity contribution is 0.0737. The number of amides is 1. The van der Waals surface area contributed by atoms with Crippen molar-refractivity contribution in [2.45, 2.75) is 63.5 Å². The minimum atomic E-state index is -0.0633. The molecule has 0 spiro atoms. The van der Waals surface area contributed by atoms with Crippen molar-refractivity contribution >= 4 is 17.2 Å². The molecule has 4 heterocycles. The van der Waals surface area contributed by atoms with Crippen LogP contribution >= 0.6 is 11.3 Å². The fourth-order valence-corrected chi connectivity index (χ4v) is 5.89. The second-order valence-electron chi connectivity index (χ2n) is 8.60. The Hall–Kier alpha value is -1.99. The number of aromatic amines is 1. The van der Waals surface area contributed by atoms with Crippen molar-refractivity contribution in [1.82, 2.24) is 19.8 Å². The maximum Gasteiger partial charge on any atom is 0.264 e. The molecule has 154 valence electrons. The number of hydrogen-bond acceptors (Lipinski definition) is 5. The molecule has 2 aliphatic heterocycles. The average molecular weight is 413 g/mol. The number of H-pyrrole nitrogens is 1. The normalized spacial score (nSPS) is 23.3. The molecule has 0 radical (unpaired) electrons. The first kappa shape index (κ1) is 19.0. The summed E-state index contributed by atoms with van der Waals surface area (Å²) in [5, 5.41) is 1.91. The van der Waals surface area contributed by atoms with Crippen LogP contribution in [-0.2, 0) is 13.0 Å². The topological polar surface area (TPSA) is 69.3 Å². The van der Waals surface area contributed by atoms with Gasteiger partial charge in [0.05, 0.1) is 22.7 Å². The van der Waals surface area contributed by atoms with Crippen LogP contribution in [0.5, 0.6) is 0 Å². The molecule has 1 atom stereocenters. The quantitative estimate of drug-likeness (QED) is 0.841.